The molecule has 0 spiro atoms. The van der Waals surface area contributed by atoms with Crippen molar-refractivity contribution in [1.29, 1.82) is 0 Å². The van der Waals surface area contributed by atoms with E-state index < -0.39 is 5.97 Å². The Balaban J connectivity index is 2.31. The van der Waals surface area contributed by atoms with Crippen LogP contribution in [0.4, 0.5) is 0 Å². The summed E-state index contributed by atoms with van der Waals surface area (Å²) < 4.78 is 5.34. The molecule has 1 aromatic rings. The molecule has 21 heavy (non-hydrogen) atoms. The SMILES string of the molecule is COc1ccc2c(c1)C(N(CC(=O)O)CC(C)C)CCC2. The highest BCUT2D eigenvalue weighted by Gasteiger charge is 2.28. The summed E-state index contributed by atoms with van der Waals surface area (Å²) >= 11 is 0. The number of ether oxygens (including phenoxy) is 1. The van der Waals surface area contributed by atoms with Crippen LogP contribution in [0, 0.1) is 5.92 Å². The van der Waals surface area contributed by atoms with Crippen molar-refractivity contribution in [1.82, 2.24) is 4.90 Å². The van der Waals surface area contributed by atoms with E-state index in [9.17, 15) is 9.90 Å². The molecule has 0 aliphatic heterocycles. The number of rotatable bonds is 6. The van der Waals surface area contributed by atoms with Crippen molar-refractivity contribution in [2.24, 2.45) is 5.92 Å². The summed E-state index contributed by atoms with van der Waals surface area (Å²) in [6.07, 6.45) is 3.19. The van der Waals surface area contributed by atoms with Crippen molar-refractivity contribution in [2.75, 3.05) is 20.2 Å². The number of methoxy groups -OCH3 is 1. The molecule has 1 aliphatic carbocycles. The lowest BCUT2D eigenvalue weighted by atomic mass is 9.86. The summed E-state index contributed by atoms with van der Waals surface area (Å²) in [6.45, 7) is 5.15. The Hall–Kier alpha value is -1.55. The first-order chi connectivity index (χ1) is 10.0. The number of carbonyl (C=O) groups is 1. The summed E-state index contributed by atoms with van der Waals surface area (Å²) in [4.78, 5) is 13.3. The number of aliphatic carboxylic acids is 1. The number of nitrogens with zero attached hydrogens (tertiary/aromatic N) is 1. The summed E-state index contributed by atoms with van der Waals surface area (Å²) in [5.74, 6) is 0.534. The fraction of sp³-hybridized carbons (Fsp3) is 0.588. The zero-order valence-electron chi connectivity index (χ0n) is 13.1. The van der Waals surface area contributed by atoms with Gasteiger partial charge in [0.15, 0.2) is 0 Å². The van der Waals surface area contributed by atoms with E-state index in [-0.39, 0.29) is 12.6 Å². The molecular weight excluding hydrogens is 266 g/mol. The molecule has 0 radical (unpaired) electrons. The van der Waals surface area contributed by atoms with E-state index in [2.05, 4.69) is 30.9 Å². The minimum atomic E-state index is -0.759. The highest BCUT2D eigenvalue weighted by atomic mass is 16.5. The third kappa shape index (κ3) is 3.97. The average molecular weight is 291 g/mol. The number of carboxylic acid groups (broad SMARTS) is 1. The minimum absolute atomic E-state index is 0.0967. The highest BCUT2D eigenvalue weighted by molar-refractivity contribution is 5.69. The molecule has 0 fully saturated rings. The predicted molar refractivity (Wildman–Crippen MR) is 82.7 cm³/mol. The topological polar surface area (TPSA) is 49.8 Å². The van der Waals surface area contributed by atoms with Crippen molar-refractivity contribution in [2.45, 2.75) is 39.2 Å². The highest BCUT2D eigenvalue weighted by Crippen LogP contribution is 2.36. The van der Waals surface area contributed by atoms with E-state index in [1.54, 1.807) is 7.11 Å². The first kappa shape index (κ1) is 15.8. The monoisotopic (exact) mass is 291 g/mol. The van der Waals surface area contributed by atoms with E-state index in [0.29, 0.717) is 5.92 Å². The second kappa shape index (κ2) is 6.94. The van der Waals surface area contributed by atoms with Crippen LogP contribution in [-0.4, -0.2) is 36.2 Å². The minimum Gasteiger partial charge on any atom is -0.497 e. The molecule has 1 aromatic carbocycles. The molecule has 1 N–H and O–H groups in total. The number of hydrogen-bond donors (Lipinski definition) is 1. The van der Waals surface area contributed by atoms with Gasteiger partial charge < -0.3 is 9.84 Å². The molecule has 4 nitrogen and oxygen atoms in total. The van der Waals surface area contributed by atoms with Gasteiger partial charge in [0, 0.05) is 12.6 Å². The Bertz CT molecular complexity index is 499. The summed E-state index contributed by atoms with van der Waals surface area (Å²) in [6, 6.07) is 6.37. The Labute approximate surface area is 126 Å². The van der Waals surface area contributed by atoms with Crippen molar-refractivity contribution in [3.63, 3.8) is 0 Å². The van der Waals surface area contributed by atoms with Gasteiger partial charge in [-0.05, 0) is 48.4 Å². The third-order valence-corrected chi connectivity index (χ3v) is 4.01. The smallest absolute Gasteiger partial charge is 0.317 e. The van der Waals surface area contributed by atoms with Crippen molar-refractivity contribution >= 4 is 5.97 Å². The maximum atomic E-state index is 11.2. The first-order valence-electron chi connectivity index (χ1n) is 7.64. The Kier molecular flexibility index (Phi) is 5.23. The summed E-state index contributed by atoms with van der Waals surface area (Å²) in [5, 5.41) is 9.21. The van der Waals surface area contributed by atoms with Crippen LogP contribution in [-0.2, 0) is 11.2 Å². The van der Waals surface area contributed by atoms with E-state index >= 15 is 0 Å². The van der Waals surface area contributed by atoms with E-state index in [0.717, 1.165) is 31.6 Å². The molecule has 1 aliphatic rings. The predicted octanol–water partition coefficient (Wildman–Crippen LogP) is 3.12. The Morgan fingerprint density at radius 2 is 2.24 bits per heavy atom. The molecule has 0 aromatic heterocycles. The van der Waals surface area contributed by atoms with Crippen molar-refractivity contribution < 1.29 is 14.6 Å². The number of fused-ring (bicyclic) bond motifs is 1. The van der Waals surface area contributed by atoms with Gasteiger partial charge >= 0.3 is 5.97 Å². The van der Waals surface area contributed by atoms with E-state index in [1.807, 2.05) is 6.07 Å². The average Bonchev–Trinajstić information content (AvgIpc) is 2.44. The third-order valence-electron chi connectivity index (χ3n) is 4.01. The normalized spacial score (nSPS) is 17.9. The van der Waals surface area contributed by atoms with Gasteiger partial charge in [0.05, 0.1) is 13.7 Å². The number of aryl methyl sites for hydroxylation is 1. The van der Waals surface area contributed by atoms with E-state index in [4.69, 9.17) is 4.74 Å². The first-order valence-corrected chi connectivity index (χ1v) is 7.64. The molecule has 1 unspecified atom stereocenters. The lowest BCUT2D eigenvalue weighted by Gasteiger charge is -2.36. The lowest BCUT2D eigenvalue weighted by molar-refractivity contribution is -0.139. The van der Waals surface area contributed by atoms with Gasteiger partial charge in [-0.1, -0.05) is 19.9 Å². The maximum absolute atomic E-state index is 11.2. The van der Waals surface area contributed by atoms with Gasteiger partial charge in [0.1, 0.15) is 5.75 Å². The number of benzene rings is 1. The number of carboxylic acids is 1. The molecule has 4 heteroatoms. The van der Waals surface area contributed by atoms with Crippen LogP contribution in [0.1, 0.15) is 43.9 Å². The van der Waals surface area contributed by atoms with Crippen LogP contribution in [0.25, 0.3) is 0 Å². The molecule has 0 bridgehead atoms. The van der Waals surface area contributed by atoms with Crippen LogP contribution in [0.15, 0.2) is 18.2 Å². The zero-order valence-corrected chi connectivity index (χ0v) is 13.1. The van der Waals surface area contributed by atoms with Crippen molar-refractivity contribution in [3.05, 3.63) is 29.3 Å². The summed E-state index contributed by atoms with van der Waals surface area (Å²) in [7, 11) is 1.67. The van der Waals surface area contributed by atoms with Crippen LogP contribution in [0.3, 0.4) is 0 Å². The van der Waals surface area contributed by atoms with Crippen molar-refractivity contribution in [3.8, 4) is 5.75 Å². The molecule has 0 amide bonds. The Morgan fingerprint density at radius 3 is 2.86 bits per heavy atom. The molecular formula is C17H25NO3. The largest absolute Gasteiger partial charge is 0.497 e. The molecule has 2 rings (SSSR count). The van der Waals surface area contributed by atoms with Gasteiger partial charge in [-0.2, -0.15) is 0 Å². The molecule has 0 heterocycles. The number of hydrogen-bond acceptors (Lipinski definition) is 3. The standard InChI is InChI=1S/C17H25NO3/c1-12(2)10-18(11-17(19)20)16-6-4-5-13-7-8-14(21-3)9-15(13)16/h7-9,12,16H,4-6,10-11H2,1-3H3,(H,19,20). The fourth-order valence-electron chi connectivity index (χ4n) is 3.20. The zero-order chi connectivity index (χ0) is 15.4. The molecule has 1 atom stereocenters. The van der Waals surface area contributed by atoms with Gasteiger partial charge in [0.2, 0.25) is 0 Å². The van der Waals surface area contributed by atoms with Crippen LogP contribution >= 0.6 is 0 Å². The molecule has 116 valence electrons. The molecule has 0 saturated carbocycles. The quantitative estimate of drug-likeness (QED) is 0.875. The van der Waals surface area contributed by atoms with Crippen LogP contribution in [0.5, 0.6) is 5.75 Å². The Morgan fingerprint density at radius 1 is 1.48 bits per heavy atom. The fourth-order valence-corrected chi connectivity index (χ4v) is 3.20. The second-order valence-corrected chi connectivity index (χ2v) is 6.19. The van der Waals surface area contributed by atoms with Gasteiger partial charge in [-0.15, -0.1) is 0 Å². The van der Waals surface area contributed by atoms with Crippen LogP contribution < -0.4 is 4.74 Å². The van der Waals surface area contributed by atoms with Crippen LogP contribution in [0.2, 0.25) is 0 Å². The molecule has 0 saturated heterocycles. The summed E-state index contributed by atoms with van der Waals surface area (Å²) in [5.41, 5.74) is 2.56. The van der Waals surface area contributed by atoms with Gasteiger partial charge in [-0.3, -0.25) is 9.69 Å². The van der Waals surface area contributed by atoms with Gasteiger partial charge in [-0.25, -0.2) is 0 Å². The lowest BCUT2D eigenvalue weighted by Crippen LogP contribution is -2.37. The maximum Gasteiger partial charge on any atom is 0.317 e. The van der Waals surface area contributed by atoms with Gasteiger partial charge in [0.25, 0.3) is 0 Å². The van der Waals surface area contributed by atoms with E-state index in [1.165, 1.54) is 11.1 Å². The second-order valence-electron chi connectivity index (χ2n) is 6.19.